The lowest BCUT2D eigenvalue weighted by Crippen LogP contribution is -2.24. The Morgan fingerprint density at radius 2 is 1.95 bits per heavy atom. The topological polar surface area (TPSA) is 91.3 Å². The summed E-state index contributed by atoms with van der Waals surface area (Å²) in [5, 5.41) is 12.5. The van der Waals surface area contributed by atoms with Gasteiger partial charge in [-0.05, 0) is 34.9 Å². The Morgan fingerprint density at radius 3 is 2.60 bits per heavy atom. The Morgan fingerprint density at radius 1 is 1.20 bits per heavy atom. The number of benzene rings is 2. The van der Waals surface area contributed by atoms with Crippen LogP contribution >= 0.6 is 0 Å². The Bertz CT molecular complexity index is 684. The van der Waals surface area contributed by atoms with Crippen molar-refractivity contribution >= 4 is 12.2 Å². The first kappa shape index (κ1) is 13.3. The number of hydrazone groups is 1. The van der Waals surface area contributed by atoms with Crippen LogP contribution in [0, 0.1) is 11.3 Å². The standard InChI is InChI=1S/C15H12N4O/c16-9-11-4-6-13(7-5-11)14-3-1-2-12(8-14)10-18-19-15(17)20/h1-8,10H,(H3,17,19,20). The van der Waals surface area contributed by atoms with Crippen LogP contribution in [0.2, 0.25) is 0 Å². The average molecular weight is 264 g/mol. The number of rotatable bonds is 3. The smallest absolute Gasteiger partial charge is 0.332 e. The summed E-state index contributed by atoms with van der Waals surface area (Å²) in [4.78, 5) is 10.5. The molecule has 0 aromatic heterocycles. The molecule has 2 amide bonds. The molecule has 0 saturated heterocycles. The van der Waals surface area contributed by atoms with Crippen molar-refractivity contribution in [2.75, 3.05) is 0 Å². The van der Waals surface area contributed by atoms with Gasteiger partial charge in [0.2, 0.25) is 0 Å². The van der Waals surface area contributed by atoms with E-state index >= 15 is 0 Å². The molecule has 0 atom stereocenters. The first-order valence-corrected chi connectivity index (χ1v) is 5.88. The number of nitrogens with one attached hydrogen (secondary N) is 1. The third kappa shape index (κ3) is 3.43. The van der Waals surface area contributed by atoms with Gasteiger partial charge in [0.25, 0.3) is 0 Å². The molecule has 0 bridgehead atoms. The molecule has 20 heavy (non-hydrogen) atoms. The fourth-order valence-electron chi connectivity index (χ4n) is 1.71. The Kier molecular flexibility index (Phi) is 4.10. The van der Waals surface area contributed by atoms with Gasteiger partial charge in [-0.1, -0.05) is 30.3 Å². The molecule has 0 aliphatic rings. The van der Waals surface area contributed by atoms with Crippen molar-refractivity contribution in [3.63, 3.8) is 0 Å². The molecule has 2 rings (SSSR count). The van der Waals surface area contributed by atoms with Crippen molar-refractivity contribution < 1.29 is 4.79 Å². The maximum absolute atomic E-state index is 10.5. The minimum atomic E-state index is -0.704. The maximum Gasteiger partial charge on any atom is 0.332 e. The van der Waals surface area contributed by atoms with E-state index in [0.29, 0.717) is 5.56 Å². The molecule has 0 aliphatic carbocycles. The van der Waals surface area contributed by atoms with E-state index in [1.807, 2.05) is 36.4 Å². The first-order valence-electron chi connectivity index (χ1n) is 5.88. The molecule has 0 radical (unpaired) electrons. The minimum absolute atomic E-state index is 0.622. The number of primary amides is 1. The zero-order valence-corrected chi connectivity index (χ0v) is 10.6. The number of nitrogens with zero attached hydrogens (tertiary/aromatic N) is 2. The van der Waals surface area contributed by atoms with Gasteiger partial charge in [0, 0.05) is 0 Å². The zero-order valence-electron chi connectivity index (χ0n) is 10.6. The van der Waals surface area contributed by atoms with E-state index in [-0.39, 0.29) is 0 Å². The second-order valence-electron chi connectivity index (χ2n) is 4.05. The van der Waals surface area contributed by atoms with Crippen molar-refractivity contribution in [3.05, 3.63) is 59.7 Å². The number of carbonyl (C=O) groups excluding carboxylic acids is 1. The highest BCUT2D eigenvalue weighted by molar-refractivity contribution is 5.83. The fourth-order valence-corrected chi connectivity index (χ4v) is 1.71. The van der Waals surface area contributed by atoms with Crippen LogP contribution in [0.15, 0.2) is 53.6 Å². The highest BCUT2D eigenvalue weighted by atomic mass is 16.2. The molecular formula is C15H12N4O. The van der Waals surface area contributed by atoms with Gasteiger partial charge in [-0.3, -0.25) is 0 Å². The van der Waals surface area contributed by atoms with Crippen LogP contribution in [0.4, 0.5) is 4.79 Å². The summed E-state index contributed by atoms with van der Waals surface area (Å²) in [5.74, 6) is 0. The van der Waals surface area contributed by atoms with Crippen molar-refractivity contribution in [1.29, 1.82) is 5.26 Å². The van der Waals surface area contributed by atoms with Gasteiger partial charge in [-0.2, -0.15) is 10.4 Å². The maximum atomic E-state index is 10.5. The summed E-state index contributed by atoms with van der Waals surface area (Å²) in [7, 11) is 0. The van der Waals surface area contributed by atoms with Crippen LogP contribution in [-0.2, 0) is 0 Å². The lowest BCUT2D eigenvalue weighted by Gasteiger charge is -2.03. The molecule has 98 valence electrons. The van der Waals surface area contributed by atoms with E-state index in [1.54, 1.807) is 12.1 Å². The van der Waals surface area contributed by atoms with E-state index < -0.39 is 6.03 Å². The SMILES string of the molecule is N#Cc1ccc(-c2cccc(C=NNC(N)=O)c2)cc1. The van der Waals surface area contributed by atoms with Crippen LogP contribution in [-0.4, -0.2) is 12.2 Å². The molecule has 0 heterocycles. The van der Waals surface area contributed by atoms with E-state index in [1.165, 1.54) is 6.21 Å². The second-order valence-corrected chi connectivity index (χ2v) is 4.05. The predicted molar refractivity (Wildman–Crippen MR) is 76.9 cm³/mol. The van der Waals surface area contributed by atoms with Crippen LogP contribution in [0.25, 0.3) is 11.1 Å². The van der Waals surface area contributed by atoms with Crippen LogP contribution in [0.3, 0.4) is 0 Å². The Hall–Kier alpha value is -3.13. The van der Waals surface area contributed by atoms with E-state index in [2.05, 4.69) is 16.6 Å². The van der Waals surface area contributed by atoms with Crippen molar-refractivity contribution in [1.82, 2.24) is 5.43 Å². The lowest BCUT2D eigenvalue weighted by molar-refractivity contribution is 0.249. The number of hydrogen-bond acceptors (Lipinski definition) is 3. The molecule has 5 heteroatoms. The third-order valence-electron chi connectivity index (χ3n) is 2.62. The van der Waals surface area contributed by atoms with Crippen molar-refractivity contribution in [2.45, 2.75) is 0 Å². The second kappa shape index (κ2) is 6.16. The van der Waals surface area contributed by atoms with Crippen molar-refractivity contribution in [2.24, 2.45) is 10.8 Å². The summed E-state index contributed by atoms with van der Waals surface area (Å²) in [5.41, 5.74) is 10.5. The summed E-state index contributed by atoms with van der Waals surface area (Å²) >= 11 is 0. The van der Waals surface area contributed by atoms with E-state index in [4.69, 9.17) is 11.0 Å². The fraction of sp³-hybridized carbons (Fsp3) is 0. The molecule has 0 spiro atoms. The van der Waals surface area contributed by atoms with Gasteiger partial charge in [0.1, 0.15) is 0 Å². The monoisotopic (exact) mass is 264 g/mol. The average Bonchev–Trinajstić information content (AvgIpc) is 2.47. The Balaban J connectivity index is 2.22. The van der Waals surface area contributed by atoms with E-state index in [9.17, 15) is 4.79 Å². The molecule has 0 aliphatic heterocycles. The molecule has 0 unspecified atom stereocenters. The molecule has 0 fully saturated rings. The summed E-state index contributed by atoms with van der Waals surface area (Å²) in [6, 6.07) is 16.3. The highest BCUT2D eigenvalue weighted by Gasteiger charge is 1.99. The quantitative estimate of drug-likeness (QED) is 0.657. The summed E-state index contributed by atoms with van der Waals surface area (Å²) in [6.07, 6.45) is 1.51. The van der Waals surface area contributed by atoms with E-state index in [0.717, 1.165) is 16.7 Å². The number of hydrogen-bond donors (Lipinski definition) is 2. The number of nitrogens with two attached hydrogens (primary N) is 1. The van der Waals surface area contributed by atoms with Gasteiger partial charge < -0.3 is 5.73 Å². The highest BCUT2D eigenvalue weighted by Crippen LogP contribution is 2.20. The largest absolute Gasteiger partial charge is 0.350 e. The molecular weight excluding hydrogens is 252 g/mol. The number of carbonyl (C=O) groups is 1. The van der Waals surface area contributed by atoms with Crippen LogP contribution < -0.4 is 11.2 Å². The molecule has 0 saturated carbocycles. The summed E-state index contributed by atoms with van der Waals surface area (Å²) in [6.45, 7) is 0. The minimum Gasteiger partial charge on any atom is -0.350 e. The molecule has 5 nitrogen and oxygen atoms in total. The zero-order chi connectivity index (χ0) is 14.4. The van der Waals surface area contributed by atoms with Crippen LogP contribution in [0.5, 0.6) is 0 Å². The summed E-state index contributed by atoms with van der Waals surface area (Å²) < 4.78 is 0. The van der Waals surface area contributed by atoms with Gasteiger partial charge in [-0.25, -0.2) is 10.2 Å². The molecule has 3 N–H and O–H groups in total. The number of nitriles is 1. The Labute approximate surface area is 116 Å². The van der Waals surface area contributed by atoms with Crippen LogP contribution in [0.1, 0.15) is 11.1 Å². The van der Waals surface area contributed by atoms with Gasteiger partial charge >= 0.3 is 6.03 Å². The predicted octanol–water partition coefficient (Wildman–Crippen LogP) is 2.23. The number of amides is 2. The normalized spacial score (nSPS) is 10.2. The third-order valence-corrected chi connectivity index (χ3v) is 2.62. The lowest BCUT2D eigenvalue weighted by atomic mass is 10.0. The molecule has 2 aromatic rings. The first-order chi connectivity index (χ1) is 9.69. The number of urea groups is 1. The van der Waals surface area contributed by atoms with Gasteiger partial charge in [0.05, 0.1) is 17.8 Å². The van der Waals surface area contributed by atoms with Crippen molar-refractivity contribution in [3.8, 4) is 17.2 Å². The van der Waals surface area contributed by atoms with Gasteiger partial charge in [-0.15, -0.1) is 0 Å². The molecule has 2 aromatic carbocycles. The van der Waals surface area contributed by atoms with Gasteiger partial charge in [0.15, 0.2) is 0 Å².